The van der Waals surface area contributed by atoms with E-state index in [1.165, 1.54) is 6.42 Å². The lowest BCUT2D eigenvalue weighted by Gasteiger charge is -2.45. The SMILES string of the molecule is CC(C)(C)C1CCCS(=O)C1C(C)(C)C. The van der Waals surface area contributed by atoms with Gasteiger partial charge < -0.3 is 0 Å². The highest BCUT2D eigenvalue weighted by Crippen LogP contribution is 2.44. The van der Waals surface area contributed by atoms with Gasteiger partial charge >= 0.3 is 0 Å². The summed E-state index contributed by atoms with van der Waals surface area (Å²) in [6.07, 6.45) is 2.39. The Morgan fingerprint density at radius 1 is 1.00 bits per heavy atom. The van der Waals surface area contributed by atoms with E-state index in [2.05, 4.69) is 41.5 Å². The second-order valence-electron chi connectivity index (χ2n) is 6.99. The Balaban J connectivity index is 2.98. The summed E-state index contributed by atoms with van der Waals surface area (Å²) >= 11 is 0. The third-order valence-electron chi connectivity index (χ3n) is 3.48. The lowest BCUT2D eigenvalue weighted by Crippen LogP contribution is -2.46. The zero-order valence-corrected chi connectivity index (χ0v) is 11.9. The molecule has 2 heteroatoms. The molecule has 0 saturated carbocycles. The smallest absolute Gasteiger partial charge is 0.0429 e. The summed E-state index contributed by atoms with van der Waals surface area (Å²) in [4.78, 5) is 0. The molecular formula is C13H26OS. The largest absolute Gasteiger partial charge is 0.259 e. The highest BCUT2D eigenvalue weighted by atomic mass is 32.2. The minimum Gasteiger partial charge on any atom is -0.259 e. The van der Waals surface area contributed by atoms with E-state index in [1.807, 2.05) is 0 Å². The highest BCUT2D eigenvalue weighted by molar-refractivity contribution is 7.85. The van der Waals surface area contributed by atoms with Gasteiger partial charge in [-0.15, -0.1) is 0 Å². The van der Waals surface area contributed by atoms with E-state index < -0.39 is 10.8 Å². The van der Waals surface area contributed by atoms with Crippen molar-refractivity contribution in [3.63, 3.8) is 0 Å². The molecule has 0 radical (unpaired) electrons. The monoisotopic (exact) mass is 230 g/mol. The normalized spacial score (nSPS) is 34.1. The first-order valence-corrected chi connectivity index (χ1v) is 7.39. The van der Waals surface area contributed by atoms with Crippen molar-refractivity contribution in [1.29, 1.82) is 0 Å². The van der Waals surface area contributed by atoms with Crippen molar-refractivity contribution in [2.24, 2.45) is 16.7 Å². The molecule has 3 unspecified atom stereocenters. The molecule has 1 rings (SSSR count). The molecule has 0 spiro atoms. The van der Waals surface area contributed by atoms with Crippen LogP contribution in [-0.4, -0.2) is 15.2 Å². The topological polar surface area (TPSA) is 17.1 Å². The summed E-state index contributed by atoms with van der Waals surface area (Å²) in [5.74, 6) is 1.52. The number of hydrogen-bond donors (Lipinski definition) is 0. The van der Waals surface area contributed by atoms with Crippen LogP contribution in [0.4, 0.5) is 0 Å². The molecule has 1 aliphatic heterocycles. The summed E-state index contributed by atoms with van der Waals surface area (Å²) < 4.78 is 12.2. The Morgan fingerprint density at radius 2 is 1.53 bits per heavy atom. The summed E-state index contributed by atoms with van der Waals surface area (Å²) in [5.41, 5.74) is 0.456. The van der Waals surface area contributed by atoms with Gasteiger partial charge in [0.2, 0.25) is 0 Å². The van der Waals surface area contributed by atoms with Crippen LogP contribution in [0.3, 0.4) is 0 Å². The van der Waals surface area contributed by atoms with Gasteiger partial charge in [0.05, 0.1) is 0 Å². The summed E-state index contributed by atoms with van der Waals surface area (Å²) in [7, 11) is -0.624. The first-order valence-electron chi connectivity index (χ1n) is 6.01. The van der Waals surface area contributed by atoms with Crippen LogP contribution in [0.1, 0.15) is 54.4 Å². The highest BCUT2D eigenvalue weighted by Gasteiger charge is 2.43. The van der Waals surface area contributed by atoms with Crippen molar-refractivity contribution in [3.8, 4) is 0 Å². The fourth-order valence-corrected chi connectivity index (χ4v) is 5.20. The van der Waals surface area contributed by atoms with Gasteiger partial charge in [0, 0.05) is 21.8 Å². The van der Waals surface area contributed by atoms with Gasteiger partial charge in [0.25, 0.3) is 0 Å². The molecule has 0 aromatic rings. The van der Waals surface area contributed by atoms with E-state index in [0.717, 1.165) is 12.2 Å². The fraction of sp³-hybridized carbons (Fsp3) is 1.00. The molecule has 1 heterocycles. The van der Waals surface area contributed by atoms with Gasteiger partial charge in [-0.2, -0.15) is 0 Å². The molecule has 0 aromatic heterocycles. The maximum Gasteiger partial charge on any atom is 0.0429 e. The van der Waals surface area contributed by atoms with Crippen LogP contribution in [0.2, 0.25) is 0 Å². The summed E-state index contributed by atoms with van der Waals surface area (Å²) in [6.45, 7) is 13.6. The molecule has 0 N–H and O–H groups in total. The Bertz CT molecular complexity index is 244. The molecule has 0 aromatic carbocycles. The van der Waals surface area contributed by atoms with Crippen LogP contribution in [0.25, 0.3) is 0 Å². The van der Waals surface area contributed by atoms with Crippen LogP contribution in [-0.2, 0) is 10.8 Å². The Hall–Kier alpha value is 0.150. The number of rotatable bonds is 0. The van der Waals surface area contributed by atoms with Gasteiger partial charge in [-0.05, 0) is 29.6 Å². The Morgan fingerprint density at radius 3 is 1.87 bits per heavy atom. The molecular weight excluding hydrogens is 204 g/mol. The van der Waals surface area contributed by atoms with E-state index in [9.17, 15) is 4.21 Å². The standard InChI is InChI=1S/C13H26OS/c1-12(2,3)10-8-7-9-15(14)11(10)13(4,5)6/h10-11H,7-9H2,1-6H3. The molecule has 15 heavy (non-hydrogen) atoms. The zero-order chi connectivity index (χ0) is 11.9. The molecule has 0 bridgehead atoms. The third kappa shape index (κ3) is 3.05. The molecule has 1 nitrogen and oxygen atoms in total. The molecule has 1 saturated heterocycles. The molecule has 0 aliphatic carbocycles. The average molecular weight is 230 g/mol. The minimum absolute atomic E-state index is 0.170. The molecule has 3 atom stereocenters. The average Bonchev–Trinajstić information content (AvgIpc) is 1.99. The van der Waals surface area contributed by atoms with Crippen molar-refractivity contribution < 1.29 is 4.21 Å². The Kier molecular flexibility index (Phi) is 3.70. The summed E-state index contributed by atoms with van der Waals surface area (Å²) in [5, 5.41) is 0.367. The molecule has 1 fully saturated rings. The minimum atomic E-state index is -0.624. The van der Waals surface area contributed by atoms with E-state index >= 15 is 0 Å². The van der Waals surface area contributed by atoms with E-state index in [4.69, 9.17) is 0 Å². The van der Waals surface area contributed by atoms with E-state index in [1.54, 1.807) is 0 Å². The fourth-order valence-electron chi connectivity index (χ4n) is 2.79. The van der Waals surface area contributed by atoms with Crippen molar-refractivity contribution in [1.82, 2.24) is 0 Å². The van der Waals surface area contributed by atoms with Crippen LogP contribution < -0.4 is 0 Å². The molecule has 90 valence electrons. The second-order valence-corrected chi connectivity index (χ2v) is 8.66. The summed E-state index contributed by atoms with van der Waals surface area (Å²) in [6, 6.07) is 0. The lowest BCUT2D eigenvalue weighted by atomic mass is 9.69. The van der Waals surface area contributed by atoms with E-state index in [0.29, 0.717) is 11.2 Å². The van der Waals surface area contributed by atoms with Crippen LogP contribution in [0.15, 0.2) is 0 Å². The lowest BCUT2D eigenvalue weighted by molar-refractivity contribution is 0.155. The second kappa shape index (κ2) is 4.20. The quantitative estimate of drug-likeness (QED) is 0.621. The van der Waals surface area contributed by atoms with E-state index in [-0.39, 0.29) is 10.8 Å². The van der Waals surface area contributed by atoms with Gasteiger partial charge in [-0.3, -0.25) is 4.21 Å². The zero-order valence-electron chi connectivity index (χ0n) is 11.1. The van der Waals surface area contributed by atoms with Crippen molar-refractivity contribution in [2.75, 3.05) is 5.75 Å². The van der Waals surface area contributed by atoms with Crippen molar-refractivity contribution in [3.05, 3.63) is 0 Å². The first-order chi connectivity index (χ1) is 6.64. The van der Waals surface area contributed by atoms with Crippen molar-refractivity contribution in [2.45, 2.75) is 59.6 Å². The maximum atomic E-state index is 12.2. The third-order valence-corrected chi connectivity index (χ3v) is 5.77. The number of hydrogen-bond acceptors (Lipinski definition) is 1. The van der Waals surface area contributed by atoms with Crippen LogP contribution in [0, 0.1) is 16.7 Å². The molecule has 1 aliphatic rings. The van der Waals surface area contributed by atoms with Gasteiger partial charge in [-0.25, -0.2) is 0 Å². The first kappa shape index (κ1) is 13.2. The Labute approximate surface area is 97.5 Å². The predicted octanol–water partition coefficient (Wildman–Crippen LogP) is 3.61. The van der Waals surface area contributed by atoms with Crippen LogP contribution >= 0.6 is 0 Å². The van der Waals surface area contributed by atoms with Gasteiger partial charge in [0.15, 0.2) is 0 Å². The molecule has 0 amide bonds. The van der Waals surface area contributed by atoms with Gasteiger partial charge in [0.1, 0.15) is 0 Å². The van der Waals surface area contributed by atoms with Gasteiger partial charge in [-0.1, -0.05) is 41.5 Å². The maximum absolute atomic E-state index is 12.2. The van der Waals surface area contributed by atoms with Crippen LogP contribution in [0.5, 0.6) is 0 Å². The van der Waals surface area contributed by atoms with Crippen molar-refractivity contribution >= 4 is 10.8 Å². The predicted molar refractivity (Wildman–Crippen MR) is 68.4 cm³/mol.